The Morgan fingerprint density at radius 1 is 0.203 bits per heavy atom. The Balaban J connectivity index is 0.944. The Morgan fingerprint density at radius 3 is 0.962 bits per heavy atom. The molecule has 7 nitrogen and oxygen atoms in total. The van der Waals surface area contributed by atoms with Crippen molar-refractivity contribution in [3.8, 4) is 119 Å². The van der Waals surface area contributed by atoms with Gasteiger partial charge in [0.05, 0.1) is 11.0 Å². The first-order chi connectivity index (χ1) is 39.1. The third-order valence-electron chi connectivity index (χ3n) is 14.5. The van der Waals surface area contributed by atoms with Gasteiger partial charge in [-0.15, -0.1) is 0 Å². The Bertz CT molecular complexity index is 4470. The molecule has 0 unspecified atom stereocenters. The first-order valence-electron chi connectivity index (χ1n) is 26.4. The fourth-order valence-corrected chi connectivity index (χ4v) is 10.6. The summed E-state index contributed by atoms with van der Waals surface area (Å²) >= 11 is 0. The van der Waals surface area contributed by atoms with Crippen molar-refractivity contribution in [1.82, 2.24) is 34.5 Å². The van der Waals surface area contributed by atoms with Gasteiger partial charge >= 0.3 is 0 Å². The van der Waals surface area contributed by atoms with Gasteiger partial charge in [-0.25, -0.2) is 19.9 Å². The van der Waals surface area contributed by atoms with E-state index in [0.29, 0.717) is 35.1 Å². The highest BCUT2D eigenvalue weighted by atomic mass is 15.2. The molecule has 0 amide bonds. The quantitative estimate of drug-likeness (QED) is 0.128. The molecule has 14 rings (SSSR count). The van der Waals surface area contributed by atoms with E-state index in [1.807, 2.05) is 72.8 Å². The lowest BCUT2D eigenvalue weighted by molar-refractivity contribution is 0.953. The average molecular weight is 1010 g/mol. The van der Waals surface area contributed by atoms with Crippen LogP contribution in [-0.2, 0) is 0 Å². The molecule has 0 fully saturated rings. The Morgan fingerprint density at radius 2 is 0.519 bits per heavy atom. The molecule has 0 saturated carbocycles. The Labute approximate surface area is 457 Å². The van der Waals surface area contributed by atoms with Gasteiger partial charge in [0.2, 0.25) is 5.95 Å². The minimum absolute atomic E-state index is 0.528. The van der Waals surface area contributed by atoms with Crippen molar-refractivity contribution in [3.63, 3.8) is 0 Å². The van der Waals surface area contributed by atoms with Crippen molar-refractivity contribution >= 4 is 21.8 Å². The average Bonchev–Trinajstić information content (AvgIpc) is 4.14. The maximum atomic E-state index is 5.33. The zero-order chi connectivity index (χ0) is 52.5. The maximum absolute atomic E-state index is 5.33. The highest BCUT2D eigenvalue weighted by molar-refractivity contribution is 6.16. The van der Waals surface area contributed by atoms with Crippen LogP contribution < -0.4 is 0 Å². The van der Waals surface area contributed by atoms with Gasteiger partial charge in [0, 0.05) is 38.6 Å². The van der Waals surface area contributed by atoms with Crippen molar-refractivity contribution in [2.24, 2.45) is 0 Å². The van der Waals surface area contributed by atoms with E-state index in [-0.39, 0.29) is 0 Å². The van der Waals surface area contributed by atoms with E-state index in [2.05, 4.69) is 217 Å². The summed E-state index contributed by atoms with van der Waals surface area (Å²) < 4.78 is 2.19. The molecule has 0 aliphatic carbocycles. The molecular formula is C72H47N7. The third-order valence-corrected chi connectivity index (χ3v) is 14.5. The second kappa shape index (κ2) is 20.4. The molecule has 11 aromatic carbocycles. The predicted molar refractivity (Wildman–Crippen MR) is 322 cm³/mol. The summed E-state index contributed by atoms with van der Waals surface area (Å²) in [5.41, 5.74) is 17.4. The molecule has 7 heteroatoms. The van der Waals surface area contributed by atoms with Gasteiger partial charge in [-0.1, -0.05) is 243 Å². The van der Waals surface area contributed by atoms with Crippen molar-refractivity contribution in [2.75, 3.05) is 0 Å². The van der Waals surface area contributed by atoms with Crippen LogP contribution in [0.2, 0.25) is 0 Å². The van der Waals surface area contributed by atoms with Crippen LogP contribution in [-0.4, -0.2) is 34.5 Å². The summed E-state index contributed by atoms with van der Waals surface area (Å²) in [4.78, 5) is 31.5. The molecule has 3 aromatic heterocycles. The lowest BCUT2D eigenvalue weighted by atomic mass is 9.96. The predicted octanol–water partition coefficient (Wildman–Crippen LogP) is 17.8. The second-order valence-electron chi connectivity index (χ2n) is 19.5. The van der Waals surface area contributed by atoms with Gasteiger partial charge in [-0.3, -0.25) is 4.57 Å². The summed E-state index contributed by atoms with van der Waals surface area (Å²) in [6.45, 7) is 0. The molecule has 0 spiro atoms. The molecule has 14 aromatic rings. The fourth-order valence-electron chi connectivity index (χ4n) is 10.6. The first-order valence-corrected chi connectivity index (χ1v) is 26.4. The minimum Gasteiger partial charge on any atom is -0.278 e. The van der Waals surface area contributed by atoms with Crippen LogP contribution in [0, 0.1) is 0 Å². The summed E-state index contributed by atoms with van der Waals surface area (Å²) in [6, 6.07) is 99.1. The first kappa shape index (κ1) is 46.7. The normalized spacial score (nSPS) is 11.3. The van der Waals surface area contributed by atoms with E-state index < -0.39 is 0 Å². The van der Waals surface area contributed by atoms with Crippen molar-refractivity contribution in [3.05, 3.63) is 285 Å². The summed E-state index contributed by atoms with van der Waals surface area (Å²) in [7, 11) is 0. The standard InChI is InChI=1S/C72H47N7/c1-6-21-48(22-7-1)53-31-16-33-55(43-53)56-34-18-37-60(45-56)70-74-69(59-36-17-32-54(44-59)49-23-8-2-9-24-49)75-71(76-70)61-38-19-35-58(46-61)62-39-20-40-65-66(62)63-47-57(50-25-10-3-11-26-50)41-42-64(63)79(65)72-77-67(51-27-12-4-13-28-51)73-68(78-72)52-29-14-5-15-30-52/h1-47H. The second-order valence-corrected chi connectivity index (χ2v) is 19.5. The largest absolute Gasteiger partial charge is 0.278 e. The molecule has 3 heterocycles. The molecule has 0 aliphatic heterocycles. The molecule has 0 N–H and O–H groups in total. The van der Waals surface area contributed by atoms with E-state index >= 15 is 0 Å². The van der Waals surface area contributed by atoms with Gasteiger partial charge in [-0.2, -0.15) is 9.97 Å². The highest BCUT2D eigenvalue weighted by Crippen LogP contribution is 2.41. The zero-order valence-corrected chi connectivity index (χ0v) is 42.8. The van der Waals surface area contributed by atoms with Crippen molar-refractivity contribution < 1.29 is 0 Å². The molecule has 0 saturated heterocycles. The van der Waals surface area contributed by atoms with E-state index in [0.717, 1.165) is 99.7 Å². The van der Waals surface area contributed by atoms with Crippen LogP contribution >= 0.6 is 0 Å². The maximum Gasteiger partial charge on any atom is 0.238 e. The van der Waals surface area contributed by atoms with E-state index in [4.69, 9.17) is 29.9 Å². The van der Waals surface area contributed by atoms with Gasteiger partial charge in [0.1, 0.15) is 0 Å². The topological polar surface area (TPSA) is 82.3 Å². The van der Waals surface area contributed by atoms with Crippen LogP contribution in [0.3, 0.4) is 0 Å². The summed E-state index contributed by atoms with van der Waals surface area (Å²) in [5, 5.41) is 2.13. The number of aromatic nitrogens is 7. The number of benzene rings is 11. The van der Waals surface area contributed by atoms with Gasteiger partial charge in [0.15, 0.2) is 29.1 Å². The SMILES string of the molecule is c1ccc(-c2cccc(-c3cccc(-c4nc(-c5cccc(-c6ccccc6)c5)nc(-c5cccc(-c6cccc7c6c6cc(-c8ccccc8)ccc6n7-c6nc(-c7ccccc7)nc(-c7ccccc7)n6)c5)n4)c3)c2)cc1. The lowest BCUT2D eigenvalue weighted by Crippen LogP contribution is -2.06. The van der Waals surface area contributed by atoms with Crippen LogP contribution in [0.5, 0.6) is 0 Å². The molecule has 0 atom stereocenters. The van der Waals surface area contributed by atoms with Gasteiger partial charge in [-0.05, 0) is 98.1 Å². The molecule has 0 aliphatic rings. The third kappa shape index (κ3) is 9.21. The van der Waals surface area contributed by atoms with Gasteiger partial charge < -0.3 is 0 Å². The molecule has 0 bridgehead atoms. The number of hydrogen-bond donors (Lipinski definition) is 0. The van der Waals surface area contributed by atoms with E-state index in [9.17, 15) is 0 Å². The van der Waals surface area contributed by atoms with Crippen molar-refractivity contribution in [1.29, 1.82) is 0 Å². The molecule has 0 radical (unpaired) electrons. The summed E-state index contributed by atoms with van der Waals surface area (Å²) in [5.74, 6) is 3.45. The minimum atomic E-state index is 0.528. The van der Waals surface area contributed by atoms with Crippen LogP contribution in [0.1, 0.15) is 0 Å². The fraction of sp³-hybridized carbons (Fsp3) is 0. The Kier molecular flexibility index (Phi) is 12.1. The smallest absolute Gasteiger partial charge is 0.238 e. The number of fused-ring (bicyclic) bond motifs is 3. The monoisotopic (exact) mass is 1010 g/mol. The summed E-state index contributed by atoms with van der Waals surface area (Å²) in [6.07, 6.45) is 0. The zero-order valence-electron chi connectivity index (χ0n) is 42.8. The van der Waals surface area contributed by atoms with Crippen LogP contribution in [0.25, 0.3) is 140 Å². The molecule has 79 heavy (non-hydrogen) atoms. The van der Waals surface area contributed by atoms with E-state index in [1.165, 1.54) is 5.56 Å². The Hall–Kier alpha value is -10.8. The van der Waals surface area contributed by atoms with Crippen LogP contribution in [0.4, 0.5) is 0 Å². The van der Waals surface area contributed by atoms with Gasteiger partial charge in [0.25, 0.3) is 0 Å². The van der Waals surface area contributed by atoms with Crippen LogP contribution in [0.15, 0.2) is 285 Å². The number of hydrogen-bond acceptors (Lipinski definition) is 6. The van der Waals surface area contributed by atoms with E-state index in [1.54, 1.807) is 0 Å². The number of rotatable bonds is 11. The lowest BCUT2D eigenvalue weighted by Gasteiger charge is -2.12. The van der Waals surface area contributed by atoms with Crippen molar-refractivity contribution in [2.45, 2.75) is 0 Å². The highest BCUT2D eigenvalue weighted by Gasteiger charge is 2.22. The molecule has 370 valence electrons. The molecular weight excluding hydrogens is 963 g/mol. The number of nitrogens with zero attached hydrogens (tertiary/aromatic N) is 7.